The second-order valence-corrected chi connectivity index (χ2v) is 7.63. The highest BCUT2D eigenvalue weighted by Gasteiger charge is 2.20. The Hall–Kier alpha value is -3.59. The summed E-state index contributed by atoms with van der Waals surface area (Å²) in [5.74, 6) is 0.940. The van der Waals surface area contributed by atoms with Gasteiger partial charge in [0.05, 0.1) is 17.2 Å². The highest BCUT2D eigenvalue weighted by molar-refractivity contribution is 5.76. The van der Waals surface area contributed by atoms with Crippen LogP contribution in [0.1, 0.15) is 24.2 Å². The third-order valence-electron chi connectivity index (χ3n) is 5.60. The van der Waals surface area contributed by atoms with Gasteiger partial charge in [0, 0.05) is 44.7 Å². The van der Waals surface area contributed by atoms with E-state index in [-0.39, 0.29) is 11.7 Å². The summed E-state index contributed by atoms with van der Waals surface area (Å²) in [6, 6.07) is 19.8. The molecule has 1 fully saturated rings. The molecule has 2 aromatic carbocycles. The first kappa shape index (κ1) is 20.7. The van der Waals surface area contributed by atoms with E-state index in [1.165, 1.54) is 6.07 Å². The molecular formula is C25H24FN3O2. The number of rotatable bonds is 5. The maximum Gasteiger partial charge on any atom is 0.223 e. The van der Waals surface area contributed by atoms with Crippen LogP contribution in [0.25, 0.3) is 11.3 Å². The van der Waals surface area contributed by atoms with E-state index in [0.717, 1.165) is 31.7 Å². The van der Waals surface area contributed by atoms with E-state index in [1.54, 1.807) is 24.3 Å². The number of benzene rings is 2. The lowest BCUT2D eigenvalue weighted by molar-refractivity contribution is -0.131. The largest absolute Gasteiger partial charge is 0.461 e. The van der Waals surface area contributed by atoms with Crippen molar-refractivity contribution in [1.29, 1.82) is 5.26 Å². The second kappa shape index (κ2) is 9.48. The molecule has 1 amide bonds. The normalized spacial score (nSPS) is 14.2. The predicted molar refractivity (Wildman–Crippen MR) is 117 cm³/mol. The van der Waals surface area contributed by atoms with Crippen molar-refractivity contribution in [2.75, 3.05) is 31.1 Å². The van der Waals surface area contributed by atoms with Crippen LogP contribution >= 0.6 is 0 Å². The first-order chi connectivity index (χ1) is 15.1. The third-order valence-corrected chi connectivity index (χ3v) is 5.60. The molecule has 4 rings (SSSR count). The molecular weight excluding hydrogens is 393 g/mol. The standard InChI is InChI=1S/C25H24FN3O2/c26-23-5-2-1-4-22(23)24-12-10-21(31-24)11-13-25(30)29-15-3-14-28(16-17-29)20-8-6-19(18-27)7-9-20/h1-2,4-10,12H,3,11,13-17H2. The van der Waals surface area contributed by atoms with E-state index in [2.05, 4.69) is 11.0 Å². The maximum absolute atomic E-state index is 13.9. The van der Waals surface area contributed by atoms with E-state index in [4.69, 9.17) is 9.68 Å². The summed E-state index contributed by atoms with van der Waals surface area (Å²) >= 11 is 0. The molecule has 3 aromatic rings. The lowest BCUT2D eigenvalue weighted by Gasteiger charge is -2.23. The molecule has 0 spiro atoms. The van der Waals surface area contributed by atoms with Gasteiger partial charge < -0.3 is 14.2 Å². The molecule has 1 aliphatic rings. The Kier molecular flexibility index (Phi) is 6.32. The number of anilines is 1. The molecule has 2 heterocycles. The fourth-order valence-corrected chi connectivity index (χ4v) is 3.88. The van der Waals surface area contributed by atoms with E-state index < -0.39 is 0 Å². The lowest BCUT2D eigenvalue weighted by Crippen LogP contribution is -2.35. The fraction of sp³-hybridized carbons (Fsp3) is 0.280. The Morgan fingerprint density at radius 2 is 1.81 bits per heavy atom. The summed E-state index contributed by atoms with van der Waals surface area (Å²) in [5.41, 5.74) is 2.14. The van der Waals surface area contributed by atoms with Gasteiger partial charge in [0.15, 0.2) is 0 Å². The van der Waals surface area contributed by atoms with Gasteiger partial charge in [0.2, 0.25) is 5.91 Å². The number of halogens is 1. The van der Waals surface area contributed by atoms with Gasteiger partial charge >= 0.3 is 0 Å². The number of furan rings is 1. The van der Waals surface area contributed by atoms with Crippen LogP contribution in [-0.2, 0) is 11.2 Å². The van der Waals surface area contributed by atoms with Gasteiger partial charge in [0.1, 0.15) is 17.3 Å². The second-order valence-electron chi connectivity index (χ2n) is 7.63. The van der Waals surface area contributed by atoms with Gasteiger partial charge in [-0.1, -0.05) is 12.1 Å². The molecule has 0 aliphatic carbocycles. The first-order valence-corrected chi connectivity index (χ1v) is 10.5. The van der Waals surface area contributed by atoms with Crippen molar-refractivity contribution >= 4 is 11.6 Å². The minimum absolute atomic E-state index is 0.102. The minimum Gasteiger partial charge on any atom is -0.461 e. The van der Waals surface area contributed by atoms with Crippen LogP contribution in [0.5, 0.6) is 0 Å². The number of hydrogen-bond donors (Lipinski definition) is 0. The number of hydrogen-bond acceptors (Lipinski definition) is 4. The Labute approximate surface area is 181 Å². The van der Waals surface area contributed by atoms with Crippen LogP contribution in [0, 0.1) is 17.1 Å². The predicted octanol–water partition coefficient (Wildman–Crippen LogP) is 4.63. The van der Waals surface area contributed by atoms with Gasteiger partial charge in [0.25, 0.3) is 0 Å². The Bertz CT molecular complexity index is 1080. The highest BCUT2D eigenvalue weighted by Crippen LogP contribution is 2.25. The van der Waals surface area contributed by atoms with Crippen molar-refractivity contribution < 1.29 is 13.6 Å². The summed E-state index contributed by atoms with van der Waals surface area (Å²) in [6.07, 6.45) is 1.74. The van der Waals surface area contributed by atoms with Crippen molar-refractivity contribution in [2.24, 2.45) is 0 Å². The van der Waals surface area contributed by atoms with Gasteiger partial charge in [-0.05, 0) is 55.0 Å². The molecule has 1 aromatic heterocycles. The van der Waals surface area contributed by atoms with Crippen LogP contribution in [-0.4, -0.2) is 37.0 Å². The van der Waals surface area contributed by atoms with Gasteiger partial charge in [-0.3, -0.25) is 4.79 Å². The van der Waals surface area contributed by atoms with Crippen molar-refractivity contribution in [3.8, 4) is 17.4 Å². The summed E-state index contributed by atoms with van der Waals surface area (Å²) in [4.78, 5) is 16.9. The quantitative estimate of drug-likeness (QED) is 0.607. The van der Waals surface area contributed by atoms with Crippen LogP contribution in [0.3, 0.4) is 0 Å². The third kappa shape index (κ3) is 4.95. The minimum atomic E-state index is -0.323. The van der Waals surface area contributed by atoms with Crippen molar-refractivity contribution in [3.63, 3.8) is 0 Å². The topological polar surface area (TPSA) is 60.5 Å². The van der Waals surface area contributed by atoms with Gasteiger partial charge in [-0.25, -0.2) is 4.39 Å². The Morgan fingerprint density at radius 1 is 1.00 bits per heavy atom. The SMILES string of the molecule is N#Cc1ccc(N2CCCN(C(=O)CCc3ccc(-c4ccccc4F)o3)CC2)cc1. The summed E-state index contributed by atoms with van der Waals surface area (Å²) < 4.78 is 19.7. The monoisotopic (exact) mass is 417 g/mol. The summed E-state index contributed by atoms with van der Waals surface area (Å²) in [5, 5.41) is 8.95. The number of carbonyl (C=O) groups excluding carboxylic acids is 1. The zero-order valence-electron chi connectivity index (χ0n) is 17.3. The smallest absolute Gasteiger partial charge is 0.223 e. The van der Waals surface area contributed by atoms with E-state index in [1.807, 2.05) is 35.2 Å². The van der Waals surface area contributed by atoms with Gasteiger partial charge in [-0.2, -0.15) is 5.26 Å². The van der Waals surface area contributed by atoms with Crippen LogP contribution in [0.4, 0.5) is 10.1 Å². The molecule has 1 saturated heterocycles. The van der Waals surface area contributed by atoms with Crippen LogP contribution in [0.2, 0.25) is 0 Å². The maximum atomic E-state index is 13.9. The number of nitriles is 1. The molecule has 5 nitrogen and oxygen atoms in total. The van der Waals surface area contributed by atoms with Crippen LogP contribution in [0.15, 0.2) is 65.1 Å². The van der Waals surface area contributed by atoms with Crippen molar-refractivity contribution in [1.82, 2.24) is 4.90 Å². The highest BCUT2D eigenvalue weighted by atomic mass is 19.1. The molecule has 0 saturated carbocycles. The molecule has 158 valence electrons. The molecule has 0 N–H and O–H groups in total. The first-order valence-electron chi connectivity index (χ1n) is 10.5. The number of amides is 1. The molecule has 0 unspecified atom stereocenters. The number of aryl methyl sites for hydroxylation is 1. The Balaban J connectivity index is 1.31. The lowest BCUT2D eigenvalue weighted by atomic mass is 10.1. The molecule has 0 bridgehead atoms. The summed E-state index contributed by atoms with van der Waals surface area (Å²) in [6.45, 7) is 3.03. The summed E-state index contributed by atoms with van der Waals surface area (Å²) in [7, 11) is 0. The number of nitrogens with zero attached hydrogens (tertiary/aromatic N) is 3. The molecule has 6 heteroatoms. The Morgan fingerprint density at radius 3 is 2.58 bits per heavy atom. The number of carbonyl (C=O) groups is 1. The molecule has 1 aliphatic heterocycles. The molecule has 31 heavy (non-hydrogen) atoms. The fourth-order valence-electron chi connectivity index (χ4n) is 3.88. The van der Waals surface area contributed by atoms with Crippen molar-refractivity contribution in [3.05, 3.63) is 77.8 Å². The van der Waals surface area contributed by atoms with E-state index in [0.29, 0.717) is 42.0 Å². The zero-order chi connectivity index (χ0) is 21.6. The van der Waals surface area contributed by atoms with E-state index in [9.17, 15) is 9.18 Å². The van der Waals surface area contributed by atoms with Crippen molar-refractivity contribution in [2.45, 2.75) is 19.3 Å². The van der Waals surface area contributed by atoms with E-state index >= 15 is 0 Å². The van der Waals surface area contributed by atoms with Crippen LogP contribution < -0.4 is 4.90 Å². The molecule has 0 atom stereocenters. The molecule has 0 radical (unpaired) electrons. The average Bonchev–Trinajstić information content (AvgIpc) is 3.13. The average molecular weight is 417 g/mol. The zero-order valence-corrected chi connectivity index (χ0v) is 17.3. The van der Waals surface area contributed by atoms with Gasteiger partial charge in [-0.15, -0.1) is 0 Å².